The third-order valence-corrected chi connectivity index (χ3v) is 16.2. The van der Waals surface area contributed by atoms with Gasteiger partial charge in [0.15, 0.2) is 0 Å². The number of nitrogens with one attached hydrogen (secondary N) is 1. The SMILES string of the molecule is CCCCCC/C=C\C/C=C\CCCCCCCC(=O)OCCCCCCCCCCC/C=C\CCCCCCCCCC(=O)NC(CO)C(O)CCCCCCCCCCCCCCCCCCCCCCCCCC. The lowest BCUT2D eigenvalue weighted by molar-refractivity contribution is -0.143. The van der Waals surface area contributed by atoms with Crippen LogP contribution in [0.5, 0.6) is 0 Å². The van der Waals surface area contributed by atoms with E-state index in [1.54, 1.807) is 0 Å². The molecular weight excluding hydrogens is 947 g/mol. The summed E-state index contributed by atoms with van der Waals surface area (Å²) < 4.78 is 5.48. The van der Waals surface area contributed by atoms with E-state index in [0.717, 1.165) is 51.4 Å². The van der Waals surface area contributed by atoms with Crippen molar-refractivity contribution < 1.29 is 24.5 Å². The minimum atomic E-state index is -0.672. The second kappa shape index (κ2) is 66.6. The molecule has 0 spiro atoms. The van der Waals surface area contributed by atoms with Crippen LogP contribution in [-0.2, 0) is 14.3 Å². The number of aliphatic hydroxyl groups is 2. The molecule has 0 heterocycles. The Bertz CT molecular complexity index is 1250. The van der Waals surface area contributed by atoms with E-state index in [4.69, 9.17) is 4.74 Å². The predicted molar refractivity (Wildman–Crippen MR) is 338 cm³/mol. The molecule has 6 nitrogen and oxygen atoms in total. The average Bonchev–Trinajstić information content (AvgIpc) is 3.43. The Morgan fingerprint density at radius 2 is 0.649 bits per heavy atom. The van der Waals surface area contributed by atoms with Crippen molar-refractivity contribution in [2.45, 2.75) is 392 Å². The molecule has 0 saturated heterocycles. The van der Waals surface area contributed by atoms with Crippen molar-refractivity contribution >= 4 is 11.9 Å². The van der Waals surface area contributed by atoms with Crippen molar-refractivity contribution in [2.75, 3.05) is 13.2 Å². The van der Waals surface area contributed by atoms with Crippen molar-refractivity contribution in [1.29, 1.82) is 0 Å². The predicted octanol–water partition coefficient (Wildman–Crippen LogP) is 22.3. The third-order valence-electron chi connectivity index (χ3n) is 16.2. The maximum Gasteiger partial charge on any atom is 0.305 e. The standard InChI is InChI=1S/C71H135NO5/c1-3-5-7-9-11-13-15-17-19-21-22-23-24-25-26-29-32-35-39-43-47-51-55-59-63-69(74)68(67-73)72-70(75)64-60-56-52-48-44-40-36-33-30-27-28-31-34-38-42-46-50-54-58-62-66-77-71(76)65-61-57-53-49-45-41-37-20-18-16-14-12-10-8-6-4-2/h14,16,20,27,30,37,68-69,73-74H,3-13,15,17-19,21-26,28-29,31-36,38-67H2,1-2H3,(H,72,75)/b16-14-,30-27-,37-20-. The quantitative estimate of drug-likeness (QED) is 0.0320. The first-order valence-corrected chi connectivity index (χ1v) is 34.7. The maximum absolute atomic E-state index is 12.5. The summed E-state index contributed by atoms with van der Waals surface area (Å²) in [6.07, 6.45) is 84.6. The lowest BCUT2D eigenvalue weighted by Gasteiger charge is -2.22. The molecule has 6 heteroatoms. The second-order valence-electron chi connectivity index (χ2n) is 23.9. The zero-order valence-corrected chi connectivity index (χ0v) is 52.0. The second-order valence-corrected chi connectivity index (χ2v) is 23.9. The van der Waals surface area contributed by atoms with Crippen LogP contribution in [-0.4, -0.2) is 47.4 Å². The van der Waals surface area contributed by atoms with Gasteiger partial charge in [-0.15, -0.1) is 0 Å². The van der Waals surface area contributed by atoms with Gasteiger partial charge < -0.3 is 20.3 Å². The van der Waals surface area contributed by atoms with Crippen LogP contribution in [0.1, 0.15) is 380 Å². The van der Waals surface area contributed by atoms with E-state index < -0.39 is 12.1 Å². The first-order valence-electron chi connectivity index (χ1n) is 34.7. The van der Waals surface area contributed by atoms with E-state index in [2.05, 4.69) is 55.6 Å². The van der Waals surface area contributed by atoms with Gasteiger partial charge in [-0.1, -0.05) is 320 Å². The van der Waals surface area contributed by atoms with Crippen LogP contribution in [0.4, 0.5) is 0 Å². The minimum absolute atomic E-state index is 0.00651. The topological polar surface area (TPSA) is 95.9 Å². The Labute approximate surface area is 481 Å². The molecule has 2 unspecified atom stereocenters. The van der Waals surface area contributed by atoms with Crippen molar-refractivity contribution in [3.05, 3.63) is 36.5 Å². The van der Waals surface area contributed by atoms with Crippen LogP contribution in [0.15, 0.2) is 36.5 Å². The summed E-state index contributed by atoms with van der Waals surface area (Å²) in [5.74, 6) is -0.0465. The molecule has 454 valence electrons. The summed E-state index contributed by atoms with van der Waals surface area (Å²) >= 11 is 0. The van der Waals surface area contributed by atoms with E-state index in [9.17, 15) is 19.8 Å². The fourth-order valence-corrected chi connectivity index (χ4v) is 10.8. The molecule has 0 aromatic carbocycles. The van der Waals surface area contributed by atoms with Gasteiger partial charge in [-0.05, 0) is 83.5 Å². The van der Waals surface area contributed by atoms with Crippen LogP contribution >= 0.6 is 0 Å². The molecule has 0 rings (SSSR count). The summed E-state index contributed by atoms with van der Waals surface area (Å²) in [5.41, 5.74) is 0. The van der Waals surface area contributed by atoms with Crippen LogP contribution in [0.3, 0.4) is 0 Å². The molecule has 3 N–H and O–H groups in total. The number of ether oxygens (including phenoxy) is 1. The summed E-state index contributed by atoms with van der Waals surface area (Å²) in [5, 5.41) is 23.4. The van der Waals surface area contributed by atoms with Gasteiger partial charge >= 0.3 is 5.97 Å². The van der Waals surface area contributed by atoms with Gasteiger partial charge in [0, 0.05) is 12.8 Å². The molecule has 0 saturated carbocycles. The first kappa shape index (κ1) is 75.1. The number of esters is 1. The van der Waals surface area contributed by atoms with Gasteiger partial charge in [0.2, 0.25) is 5.91 Å². The molecule has 0 fully saturated rings. The van der Waals surface area contributed by atoms with E-state index in [1.807, 2.05) is 0 Å². The van der Waals surface area contributed by atoms with Crippen LogP contribution in [0, 0.1) is 0 Å². The van der Waals surface area contributed by atoms with Gasteiger partial charge in [-0.3, -0.25) is 9.59 Å². The highest BCUT2D eigenvalue weighted by Gasteiger charge is 2.20. The van der Waals surface area contributed by atoms with E-state index in [0.29, 0.717) is 25.9 Å². The smallest absolute Gasteiger partial charge is 0.305 e. The number of rotatable bonds is 65. The Balaban J connectivity index is 3.43. The fourth-order valence-electron chi connectivity index (χ4n) is 10.8. The van der Waals surface area contributed by atoms with Gasteiger partial charge in [-0.2, -0.15) is 0 Å². The zero-order valence-electron chi connectivity index (χ0n) is 52.0. The summed E-state index contributed by atoms with van der Waals surface area (Å²) in [4.78, 5) is 24.6. The van der Waals surface area contributed by atoms with Gasteiger partial charge in [0.1, 0.15) is 0 Å². The monoisotopic (exact) mass is 1080 g/mol. The normalized spacial score (nSPS) is 12.7. The van der Waals surface area contributed by atoms with Crippen molar-refractivity contribution in [3.8, 4) is 0 Å². The minimum Gasteiger partial charge on any atom is -0.466 e. The van der Waals surface area contributed by atoms with Gasteiger partial charge in [-0.25, -0.2) is 0 Å². The Morgan fingerprint density at radius 3 is 1.01 bits per heavy atom. The molecule has 1 amide bonds. The highest BCUT2D eigenvalue weighted by atomic mass is 16.5. The van der Waals surface area contributed by atoms with Gasteiger partial charge in [0.25, 0.3) is 0 Å². The zero-order chi connectivity index (χ0) is 55.7. The van der Waals surface area contributed by atoms with E-state index in [1.165, 1.54) is 295 Å². The molecule has 77 heavy (non-hydrogen) atoms. The third kappa shape index (κ3) is 63.1. The Hall–Kier alpha value is -1.92. The molecular formula is C71H135NO5. The van der Waals surface area contributed by atoms with Gasteiger partial charge in [0.05, 0.1) is 25.4 Å². The van der Waals surface area contributed by atoms with Crippen molar-refractivity contribution in [3.63, 3.8) is 0 Å². The fraction of sp³-hybridized carbons (Fsp3) is 0.887. The number of amides is 1. The maximum atomic E-state index is 12.5. The number of aliphatic hydroxyl groups excluding tert-OH is 2. The van der Waals surface area contributed by atoms with Crippen LogP contribution in [0.2, 0.25) is 0 Å². The van der Waals surface area contributed by atoms with Crippen LogP contribution in [0.25, 0.3) is 0 Å². The number of allylic oxidation sites excluding steroid dienone is 6. The highest BCUT2D eigenvalue weighted by Crippen LogP contribution is 2.18. The Kier molecular flexibility index (Phi) is 64.9. The molecule has 2 atom stereocenters. The highest BCUT2D eigenvalue weighted by molar-refractivity contribution is 5.76. The number of hydrogen-bond donors (Lipinski definition) is 3. The molecule has 0 bridgehead atoms. The summed E-state index contributed by atoms with van der Waals surface area (Å²) in [6.45, 7) is 4.95. The summed E-state index contributed by atoms with van der Waals surface area (Å²) in [6, 6.07) is -0.550. The van der Waals surface area contributed by atoms with E-state index >= 15 is 0 Å². The van der Waals surface area contributed by atoms with Crippen LogP contribution < -0.4 is 5.32 Å². The molecule has 0 radical (unpaired) electrons. The number of unbranched alkanes of at least 4 members (excludes halogenated alkanes) is 48. The molecule has 0 aromatic rings. The number of carbonyl (C=O) groups excluding carboxylic acids is 2. The van der Waals surface area contributed by atoms with E-state index in [-0.39, 0.29) is 18.5 Å². The lowest BCUT2D eigenvalue weighted by atomic mass is 10.0. The lowest BCUT2D eigenvalue weighted by Crippen LogP contribution is -2.45. The molecule has 0 aliphatic rings. The number of hydrogen-bond acceptors (Lipinski definition) is 5. The average molecular weight is 1080 g/mol. The van der Waals surface area contributed by atoms with Crippen molar-refractivity contribution in [1.82, 2.24) is 5.32 Å². The summed E-state index contributed by atoms with van der Waals surface area (Å²) in [7, 11) is 0. The molecule has 0 aliphatic heterocycles. The molecule has 0 aromatic heterocycles. The largest absolute Gasteiger partial charge is 0.466 e. The molecule has 0 aliphatic carbocycles. The first-order chi connectivity index (χ1) is 38.0. The number of carbonyl (C=O) groups is 2. The van der Waals surface area contributed by atoms with Crippen molar-refractivity contribution in [2.24, 2.45) is 0 Å². The Morgan fingerprint density at radius 1 is 0.364 bits per heavy atom.